The normalized spacial score (nSPS) is 14.8. The van der Waals surface area contributed by atoms with Gasteiger partial charge in [0.1, 0.15) is 11.6 Å². The van der Waals surface area contributed by atoms with Crippen molar-refractivity contribution in [3.8, 4) is 17.2 Å². The Morgan fingerprint density at radius 2 is 1.63 bits per heavy atom. The lowest BCUT2D eigenvalue weighted by Gasteiger charge is -2.38. The molecule has 0 radical (unpaired) electrons. The minimum absolute atomic E-state index is 0. The molecular formula is C32H44BrFN4O5. The third kappa shape index (κ3) is 6.92. The number of Topliss-reactive ketones (excluding diaryl/α,β-unsaturated/α-hetero) is 1. The number of methoxy groups -OCH3 is 1. The van der Waals surface area contributed by atoms with E-state index in [1.807, 2.05) is 30.9 Å². The lowest BCUT2D eigenvalue weighted by atomic mass is 9.84. The second-order valence-electron chi connectivity index (χ2n) is 11.6. The van der Waals surface area contributed by atoms with Crippen LogP contribution < -0.4 is 19.1 Å². The quantitative estimate of drug-likeness (QED) is 0.332. The highest BCUT2D eigenvalue weighted by molar-refractivity contribution is 8.93. The Hall–Kier alpha value is -3.34. The van der Waals surface area contributed by atoms with E-state index < -0.39 is 5.82 Å². The molecule has 0 aliphatic carbocycles. The first-order chi connectivity index (χ1) is 19.9. The van der Waals surface area contributed by atoms with Gasteiger partial charge in [-0.05, 0) is 43.0 Å². The molecule has 0 unspecified atom stereocenters. The molecule has 11 heteroatoms. The Labute approximate surface area is 264 Å². The monoisotopic (exact) mass is 662 g/mol. The van der Waals surface area contributed by atoms with E-state index in [0.29, 0.717) is 61.8 Å². The molecule has 0 spiro atoms. The molecule has 2 aromatic rings. The molecular weight excluding hydrogens is 619 g/mol. The molecule has 2 aromatic carbocycles. The van der Waals surface area contributed by atoms with E-state index in [9.17, 15) is 9.59 Å². The number of ether oxygens (including phenoxy) is 3. The number of fused-ring (bicyclic) bond motifs is 1. The summed E-state index contributed by atoms with van der Waals surface area (Å²) >= 11 is 0. The van der Waals surface area contributed by atoms with Crippen molar-refractivity contribution in [1.82, 2.24) is 9.80 Å². The lowest BCUT2D eigenvalue weighted by molar-refractivity contribution is -0.131. The first kappa shape index (κ1) is 34.2. The molecule has 0 bridgehead atoms. The zero-order chi connectivity index (χ0) is 30.8. The van der Waals surface area contributed by atoms with Gasteiger partial charge in [0.25, 0.3) is 0 Å². The summed E-state index contributed by atoms with van der Waals surface area (Å²) in [6.07, 6.45) is 0.473. The molecule has 1 fully saturated rings. The Bertz CT molecular complexity index is 1370. The molecule has 2 aliphatic heterocycles. The van der Waals surface area contributed by atoms with Crippen molar-refractivity contribution in [3.63, 3.8) is 0 Å². The van der Waals surface area contributed by atoms with Gasteiger partial charge in [0.15, 0.2) is 23.1 Å². The number of nitrogens with zero attached hydrogens (tertiary/aromatic N) is 3. The predicted octanol–water partition coefficient (Wildman–Crippen LogP) is 5.59. The zero-order valence-electron chi connectivity index (χ0n) is 26.3. The number of nitrogens with one attached hydrogen (secondary N) is 1. The number of benzene rings is 2. The maximum atomic E-state index is 15.6. The van der Waals surface area contributed by atoms with Gasteiger partial charge in [0.2, 0.25) is 5.91 Å². The van der Waals surface area contributed by atoms with Crippen molar-refractivity contribution < 1.29 is 28.2 Å². The van der Waals surface area contributed by atoms with E-state index in [1.54, 1.807) is 25.0 Å². The number of amidine groups is 1. The average molecular weight is 664 g/mol. The molecule has 2 aliphatic rings. The van der Waals surface area contributed by atoms with Gasteiger partial charge in [-0.15, -0.1) is 17.0 Å². The number of amides is 1. The van der Waals surface area contributed by atoms with Crippen molar-refractivity contribution >= 4 is 40.2 Å². The molecule has 2 heterocycles. The summed E-state index contributed by atoms with van der Waals surface area (Å²) < 4.78 is 32.6. The zero-order valence-corrected chi connectivity index (χ0v) is 28.0. The highest BCUT2D eigenvalue weighted by Crippen LogP contribution is 2.42. The average Bonchev–Trinajstić information content (AvgIpc) is 3.27. The number of ketones is 1. The number of anilines is 1. The summed E-state index contributed by atoms with van der Waals surface area (Å²) in [5, 5.41) is 8.74. The highest BCUT2D eigenvalue weighted by Gasteiger charge is 2.34. The number of piperazine rings is 1. The van der Waals surface area contributed by atoms with E-state index in [1.165, 1.54) is 0 Å². The third-order valence-electron chi connectivity index (χ3n) is 7.79. The first-order valence-electron chi connectivity index (χ1n) is 14.7. The molecule has 43 heavy (non-hydrogen) atoms. The van der Waals surface area contributed by atoms with E-state index in [-0.39, 0.29) is 70.9 Å². The van der Waals surface area contributed by atoms with Crippen molar-refractivity contribution in [2.45, 2.75) is 59.9 Å². The maximum Gasteiger partial charge on any atom is 0.222 e. The van der Waals surface area contributed by atoms with Gasteiger partial charge < -0.3 is 28.9 Å². The molecule has 0 aromatic heterocycles. The Kier molecular flexibility index (Phi) is 11.1. The van der Waals surface area contributed by atoms with E-state index in [4.69, 9.17) is 19.6 Å². The predicted molar refractivity (Wildman–Crippen MR) is 171 cm³/mol. The number of hydrogen-bond acceptors (Lipinski definition) is 7. The molecule has 236 valence electrons. The minimum atomic E-state index is -0.639. The summed E-state index contributed by atoms with van der Waals surface area (Å²) in [4.78, 5) is 31.7. The Morgan fingerprint density at radius 1 is 0.977 bits per heavy atom. The standard InChI is InChI=1S/C32H43FN4O5.BrH/c1-8-26(39)36-13-11-35(12-14-36)23-16-20(15-22(29(23)40-7)32(4,5)6)24(38)19-37-18-21-17-25(41-9-2)30(42-10-3)28(33)27(21)31(37)34;/h15-17,34H,8-14,18-19H2,1-7H3;1H. The van der Waals surface area contributed by atoms with Crippen LogP contribution in [0.5, 0.6) is 17.2 Å². The van der Waals surface area contributed by atoms with Gasteiger partial charge in [-0.2, -0.15) is 0 Å². The van der Waals surface area contributed by atoms with Crippen LogP contribution in [0.4, 0.5) is 10.1 Å². The third-order valence-corrected chi connectivity index (χ3v) is 7.79. The number of hydrogen-bond donors (Lipinski definition) is 1. The lowest BCUT2D eigenvalue weighted by Crippen LogP contribution is -2.48. The number of carbonyl (C=O) groups is 2. The molecule has 1 saturated heterocycles. The van der Waals surface area contributed by atoms with Gasteiger partial charge >= 0.3 is 0 Å². The summed E-state index contributed by atoms with van der Waals surface area (Å²) in [5.74, 6) is 0.259. The maximum absolute atomic E-state index is 15.6. The Balaban J connectivity index is 0.00000506. The fraction of sp³-hybridized carbons (Fsp3) is 0.531. The first-order valence-corrected chi connectivity index (χ1v) is 14.7. The van der Waals surface area contributed by atoms with Crippen molar-refractivity contribution in [3.05, 3.63) is 46.3 Å². The number of rotatable bonds is 10. The largest absolute Gasteiger partial charge is 0.494 e. The summed E-state index contributed by atoms with van der Waals surface area (Å²) in [5.41, 5.74) is 2.61. The van der Waals surface area contributed by atoms with Crippen LogP contribution in [0.3, 0.4) is 0 Å². The number of carbonyl (C=O) groups excluding carboxylic acids is 2. The SMILES string of the molecule is Br.CCOc1cc2c(c(F)c1OCC)C(=N)N(CC(=O)c1cc(N3CCN(C(=O)CC)CC3)c(OC)c(C(C)(C)C)c1)C2. The summed E-state index contributed by atoms with van der Waals surface area (Å²) in [7, 11) is 1.64. The van der Waals surface area contributed by atoms with Crippen LogP contribution in [0, 0.1) is 11.2 Å². The van der Waals surface area contributed by atoms with Crippen LogP contribution in [0.25, 0.3) is 0 Å². The van der Waals surface area contributed by atoms with Crippen LogP contribution in [0.1, 0.15) is 75.0 Å². The topological polar surface area (TPSA) is 95.4 Å². The second-order valence-corrected chi connectivity index (χ2v) is 11.6. The van der Waals surface area contributed by atoms with Gasteiger partial charge in [0.05, 0.1) is 38.1 Å². The van der Waals surface area contributed by atoms with Crippen molar-refractivity contribution in [1.29, 1.82) is 5.41 Å². The van der Waals surface area contributed by atoms with Gasteiger partial charge in [-0.1, -0.05) is 27.7 Å². The molecule has 1 amide bonds. The molecule has 0 saturated carbocycles. The van der Waals surface area contributed by atoms with Gasteiger partial charge in [-0.3, -0.25) is 15.0 Å². The summed E-state index contributed by atoms with van der Waals surface area (Å²) in [6.45, 7) is 14.8. The summed E-state index contributed by atoms with van der Waals surface area (Å²) in [6, 6.07) is 5.43. The molecule has 4 rings (SSSR count). The molecule has 9 nitrogen and oxygen atoms in total. The van der Waals surface area contributed by atoms with Crippen LogP contribution in [-0.4, -0.2) is 80.4 Å². The van der Waals surface area contributed by atoms with Crippen LogP contribution in [-0.2, 0) is 16.8 Å². The smallest absolute Gasteiger partial charge is 0.222 e. The fourth-order valence-electron chi connectivity index (χ4n) is 5.62. The Morgan fingerprint density at radius 3 is 2.19 bits per heavy atom. The highest BCUT2D eigenvalue weighted by atomic mass is 79.9. The van der Waals surface area contributed by atoms with Crippen molar-refractivity contribution in [2.24, 2.45) is 0 Å². The molecule has 1 N–H and O–H groups in total. The van der Waals surface area contributed by atoms with Crippen LogP contribution in [0.2, 0.25) is 0 Å². The molecule has 0 atom stereocenters. The second kappa shape index (κ2) is 14.0. The number of halogens is 2. The van der Waals surface area contributed by atoms with E-state index in [2.05, 4.69) is 25.7 Å². The van der Waals surface area contributed by atoms with Crippen LogP contribution >= 0.6 is 17.0 Å². The van der Waals surface area contributed by atoms with E-state index >= 15 is 4.39 Å². The minimum Gasteiger partial charge on any atom is -0.494 e. The van der Waals surface area contributed by atoms with E-state index in [0.717, 1.165) is 11.3 Å². The van der Waals surface area contributed by atoms with Gasteiger partial charge in [-0.25, -0.2) is 4.39 Å². The fourth-order valence-corrected chi connectivity index (χ4v) is 5.62. The van der Waals surface area contributed by atoms with Crippen LogP contribution in [0.15, 0.2) is 18.2 Å². The van der Waals surface area contributed by atoms with Gasteiger partial charge in [0, 0.05) is 50.3 Å². The van der Waals surface area contributed by atoms with Crippen molar-refractivity contribution in [2.75, 3.05) is 57.9 Å².